The maximum atomic E-state index is 12.1. The Balaban J connectivity index is 3.21. The van der Waals surface area contributed by atoms with Crippen LogP contribution in [0.15, 0.2) is 12.1 Å². The van der Waals surface area contributed by atoms with Gasteiger partial charge in [0.15, 0.2) is 6.29 Å². The summed E-state index contributed by atoms with van der Waals surface area (Å²) in [6.07, 6.45) is -4.15. The lowest BCUT2D eigenvalue weighted by molar-refractivity contribution is -0.141. The van der Waals surface area contributed by atoms with Crippen LogP contribution < -0.4 is 4.74 Å². The molecule has 1 heterocycles. The third kappa shape index (κ3) is 2.01. The molecule has 0 amide bonds. The Hall–Kier alpha value is -1.59. The van der Waals surface area contributed by atoms with Gasteiger partial charge in [-0.15, -0.1) is 0 Å². The van der Waals surface area contributed by atoms with Crippen molar-refractivity contribution < 1.29 is 22.7 Å². The Bertz CT molecular complexity index is 349. The Morgan fingerprint density at radius 3 is 2.50 bits per heavy atom. The lowest BCUT2D eigenvalue weighted by Gasteiger charge is -2.08. The molecule has 0 unspecified atom stereocenters. The largest absolute Gasteiger partial charge is 0.480 e. The van der Waals surface area contributed by atoms with Gasteiger partial charge < -0.3 is 4.74 Å². The molecule has 14 heavy (non-hydrogen) atoms. The number of rotatable bonds is 2. The minimum atomic E-state index is -4.53. The molecule has 0 aliphatic rings. The van der Waals surface area contributed by atoms with Gasteiger partial charge in [-0.25, -0.2) is 4.98 Å². The maximum absolute atomic E-state index is 12.1. The fourth-order valence-corrected chi connectivity index (χ4v) is 0.862. The number of ether oxygens (including phenoxy) is 1. The molecule has 76 valence electrons. The minimum absolute atomic E-state index is 0.0134. The first-order chi connectivity index (χ1) is 6.49. The Labute approximate surface area is 77.5 Å². The van der Waals surface area contributed by atoms with Gasteiger partial charge >= 0.3 is 6.18 Å². The van der Waals surface area contributed by atoms with Crippen LogP contribution in [-0.2, 0) is 6.18 Å². The van der Waals surface area contributed by atoms with Crippen LogP contribution in [0.1, 0.15) is 16.1 Å². The smallest absolute Gasteiger partial charge is 0.433 e. The molecule has 0 aromatic carbocycles. The number of aromatic nitrogens is 1. The number of carbonyl (C=O) groups is 1. The summed E-state index contributed by atoms with van der Waals surface area (Å²) in [6, 6.07) is 1.74. The molecule has 0 saturated carbocycles. The summed E-state index contributed by atoms with van der Waals surface area (Å²) in [7, 11) is 1.15. The van der Waals surface area contributed by atoms with Gasteiger partial charge in [0.25, 0.3) is 0 Å². The van der Waals surface area contributed by atoms with Gasteiger partial charge in [-0.2, -0.15) is 13.2 Å². The van der Waals surface area contributed by atoms with Crippen LogP contribution in [0.3, 0.4) is 0 Å². The zero-order valence-corrected chi connectivity index (χ0v) is 7.13. The van der Waals surface area contributed by atoms with Gasteiger partial charge in [0, 0.05) is 0 Å². The van der Waals surface area contributed by atoms with Crippen LogP contribution in [0, 0.1) is 0 Å². The summed E-state index contributed by atoms with van der Waals surface area (Å²) in [5, 5.41) is 0. The molecule has 1 aromatic rings. The molecule has 0 radical (unpaired) electrons. The third-order valence-electron chi connectivity index (χ3n) is 1.50. The minimum Gasteiger partial charge on any atom is -0.480 e. The molecular weight excluding hydrogens is 199 g/mol. The second kappa shape index (κ2) is 3.65. The lowest BCUT2D eigenvalue weighted by atomic mass is 10.2. The SMILES string of the molecule is COc1nc(C(F)(F)F)ccc1C=O. The van der Waals surface area contributed by atoms with E-state index in [1.54, 1.807) is 0 Å². The normalized spacial score (nSPS) is 11.1. The van der Waals surface area contributed by atoms with E-state index < -0.39 is 11.9 Å². The first-order valence-corrected chi connectivity index (χ1v) is 3.56. The molecule has 0 fully saturated rings. The second-order valence-corrected chi connectivity index (χ2v) is 2.41. The predicted octanol–water partition coefficient (Wildman–Crippen LogP) is 1.92. The molecule has 1 aromatic heterocycles. The number of pyridine rings is 1. The fourth-order valence-electron chi connectivity index (χ4n) is 0.862. The van der Waals surface area contributed by atoms with Crippen LogP contribution in [-0.4, -0.2) is 18.4 Å². The average Bonchev–Trinajstić information content (AvgIpc) is 2.15. The van der Waals surface area contributed by atoms with E-state index >= 15 is 0 Å². The fraction of sp³-hybridized carbons (Fsp3) is 0.250. The molecule has 0 aliphatic carbocycles. The van der Waals surface area contributed by atoms with Gasteiger partial charge in [-0.05, 0) is 12.1 Å². The average molecular weight is 205 g/mol. The number of alkyl halides is 3. The highest BCUT2D eigenvalue weighted by Gasteiger charge is 2.33. The van der Waals surface area contributed by atoms with Gasteiger partial charge in [0.05, 0.1) is 12.7 Å². The van der Waals surface area contributed by atoms with Crippen molar-refractivity contribution in [1.29, 1.82) is 0 Å². The Morgan fingerprint density at radius 2 is 2.07 bits per heavy atom. The second-order valence-electron chi connectivity index (χ2n) is 2.41. The number of nitrogens with zero attached hydrogens (tertiary/aromatic N) is 1. The van der Waals surface area contributed by atoms with E-state index in [0.29, 0.717) is 6.29 Å². The van der Waals surface area contributed by atoms with Crippen LogP contribution in [0.4, 0.5) is 13.2 Å². The molecular formula is C8H6F3NO2. The zero-order chi connectivity index (χ0) is 10.8. The first kappa shape index (κ1) is 10.5. The van der Waals surface area contributed by atoms with Crippen LogP contribution in [0.5, 0.6) is 5.88 Å². The van der Waals surface area contributed by atoms with Crippen LogP contribution >= 0.6 is 0 Å². The first-order valence-electron chi connectivity index (χ1n) is 3.56. The van der Waals surface area contributed by atoms with E-state index in [1.807, 2.05) is 0 Å². The predicted molar refractivity (Wildman–Crippen MR) is 41.2 cm³/mol. The number of halogens is 3. The summed E-state index contributed by atoms with van der Waals surface area (Å²) in [5.74, 6) is -0.324. The standard InChI is InChI=1S/C8H6F3NO2/c1-14-7-5(4-13)2-3-6(12-7)8(9,10)11/h2-4H,1H3. The van der Waals surface area contributed by atoms with Crippen molar-refractivity contribution >= 4 is 6.29 Å². The number of methoxy groups -OCH3 is 1. The van der Waals surface area contributed by atoms with Crippen LogP contribution in [0.2, 0.25) is 0 Å². The number of carbonyl (C=O) groups excluding carboxylic acids is 1. The van der Waals surface area contributed by atoms with E-state index in [-0.39, 0.29) is 11.4 Å². The summed E-state index contributed by atoms with van der Waals surface area (Å²) in [4.78, 5) is 13.5. The quantitative estimate of drug-likeness (QED) is 0.692. The lowest BCUT2D eigenvalue weighted by Crippen LogP contribution is -2.09. The highest BCUT2D eigenvalue weighted by atomic mass is 19.4. The van der Waals surface area contributed by atoms with E-state index in [1.165, 1.54) is 0 Å². The highest BCUT2D eigenvalue weighted by molar-refractivity contribution is 5.78. The zero-order valence-electron chi connectivity index (χ0n) is 7.13. The molecule has 0 saturated heterocycles. The topological polar surface area (TPSA) is 39.2 Å². The van der Waals surface area contributed by atoms with E-state index in [2.05, 4.69) is 9.72 Å². The van der Waals surface area contributed by atoms with Gasteiger partial charge in [-0.3, -0.25) is 4.79 Å². The molecule has 0 atom stereocenters. The molecule has 1 rings (SSSR count). The Kier molecular flexibility index (Phi) is 2.73. The van der Waals surface area contributed by atoms with E-state index in [0.717, 1.165) is 19.2 Å². The van der Waals surface area contributed by atoms with Crippen molar-refractivity contribution in [3.63, 3.8) is 0 Å². The van der Waals surface area contributed by atoms with E-state index in [9.17, 15) is 18.0 Å². The molecule has 0 aliphatic heterocycles. The van der Waals surface area contributed by atoms with E-state index in [4.69, 9.17) is 0 Å². The van der Waals surface area contributed by atoms with Gasteiger partial charge in [-0.1, -0.05) is 0 Å². The van der Waals surface area contributed by atoms with Gasteiger partial charge in [0.2, 0.25) is 5.88 Å². The summed E-state index contributed by atoms with van der Waals surface area (Å²) in [5.41, 5.74) is -1.10. The molecule has 0 N–H and O–H groups in total. The van der Waals surface area contributed by atoms with Crippen molar-refractivity contribution in [1.82, 2.24) is 4.98 Å². The van der Waals surface area contributed by atoms with Crippen molar-refractivity contribution in [2.75, 3.05) is 7.11 Å². The van der Waals surface area contributed by atoms with Crippen molar-refractivity contribution in [2.45, 2.75) is 6.18 Å². The molecule has 3 nitrogen and oxygen atoms in total. The van der Waals surface area contributed by atoms with Crippen molar-refractivity contribution in [2.24, 2.45) is 0 Å². The number of aldehydes is 1. The molecule has 0 spiro atoms. The Morgan fingerprint density at radius 1 is 1.43 bits per heavy atom. The molecule has 6 heteroatoms. The highest BCUT2D eigenvalue weighted by Crippen LogP contribution is 2.29. The summed E-state index contributed by atoms with van der Waals surface area (Å²) >= 11 is 0. The number of hydrogen-bond acceptors (Lipinski definition) is 3. The summed E-state index contributed by atoms with van der Waals surface area (Å²) in [6.45, 7) is 0. The monoisotopic (exact) mass is 205 g/mol. The van der Waals surface area contributed by atoms with Crippen LogP contribution in [0.25, 0.3) is 0 Å². The van der Waals surface area contributed by atoms with Gasteiger partial charge in [0.1, 0.15) is 5.69 Å². The molecule has 0 bridgehead atoms. The maximum Gasteiger partial charge on any atom is 0.433 e. The summed E-state index contributed by atoms with van der Waals surface area (Å²) < 4.78 is 40.9. The third-order valence-corrected chi connectivity index (χ3v) is 1.50. The van der Waals surface area contributed by atoms with Crippen molar-refractivity contribution in [3.05, 3.63) is 23.4 Å². The number of hydrogen-bond donors (Lipinski definition) is 0. The van der Waals surface area contributed by atoms with Crippen molar-refractivity contribution in [3.8, 4) is 5.88 Å².